The Kier molecular flexibility index (Phi) is 4.52. The van der Waals surface area contributed by atoms with E-state index in [4.69, 9.17) is 0 Å². The van der Waals surface area contributed by atoms with Crippen molar-refractivity contribution in [2.45, 2.75) is 25.6 Å². The van der Waals surface area contributed by atoms with Crippen LogP contribution in [0.3, 0.4) is 0 Å². The molecule has 0 saturated heterocycles. The van der Waals surface area contributed by atoms with Gasteiger partial charge in [0.15, 0.2) is 0 Å². The molecule has 1 amide bonds. The lowest BCUT2D eigenvalue weighted by atomic mass is 10.1. The van der Waals surface area contributed by atoms with Gasteiger partial charge in [0.2, 0.25) is 5.60 Å². The van der Waals surface area contributed by atoms with Gasteiger partial charge in [-0.15, -0.1) is 0 Å². The maximum Gasteiger partial charge on any atom is 0.427 e. The van der Waals surface area contributed by atoms with Gasteiger partial charge in [0.05, 0.1) is 6.34 Å². The fourth-order valence-electron chi connectivity index (χ4n) is 0.622. The summed E-state index contributed by atoms with van der Waals surface area (Å²) in [5.74, 6) is 0. The Hall–Kier alpha value is -1.53. The Balaban J connectivity index is 4.73. The molecule has 0 aliphatic carbocycles. The summed E-state index contributed by atoms with van der Waals surface area (Å²) in [5.41, 5.74) is -2.56. The molecule has 16 heavy (non-hydrogen) atoms. The minimum Gasteiger partial charge on any atom is -0.433 e. The van der Waals surface area contributed by atoms with Crippen LogP contribution in [0.25, 0.3) is 0 Å². The second-order valence-corrected chi connectivity index (χ2v) is 3.34. The molecule has 0 atom stereocenters. The van der Waals surface area contributed by atoms with Crippen molar-refractivity contribution in [3.8, 4) is 0 Å². The zero-order valence-electron chi connectivity index (χ0n) is 9.21. The van der Waals surface area contributed by atoms with Gasteiger partial charge in [-0.2, -0.15) is 13.2 Å². The van der Waals surface area contributed by atoms with Gasteiger partial charge in [-0.1, -0.05) is 6.58 Å². The predicted octanol–water partition coefficient (Wildman–Crippen LogP) is 2.57. The number of rotatable bonds is 3. The fourth-order valence-corrected chi connectivity index (χ4v) is 0.622. The van der Waals surface area contributed by atoms with Crippen LogP contribution in [-0.2, 0) is 4.74 Å². The van der Waals surface area contributed by atoms with Gasteiger partial charge in [0.25, 0.3) is 0 Å². The lowest BCUT2D eigenvalue weighted by Gasteiger charge is -2.28. The van der Waals surface area contributed by atoms with Crippen LogP contribution < -0.4 is 0 Å². The van der Waals surface area contributed by atoms with Crippen molar-refractivity contribution >= 4 is 12.4 Å². The van der Waals surface area contributed by atoms with Crippen molar-refractivity contribution in [3.63, 3.8) is 0 Å². The molecule has 0 aromatic carbocycles. The molecule has 0 aromatic rings. The van der Waals surface area contributed by atoms with Gasteiger partial charge in [-0.05, 0) is 13.8 Å². The van der Waals surface area contributed by atoms with Crippen molar-refractivity contribution in [1.29, 1.82) is 0 Å². The number of hydrogen-bond donors (Lipinski definition) is 0. The van der Waals surface area contributed by atoms with Crippen molar-refractivity contribution in [2.75, 3.05) is 7.05 Å². The Bertz CT molecular complexity index is 298. The molecule has 0 radical (unpaired) electrons. The minimum atomic E-state index is -4.64. The summed E-state index contributed by atoms with van der Waals surface area (Å²) >= 11 is 0. The van der Waals surface area contributed by atoms with Crippen LogP contribution in [0.15, 0.2) is 17.8 Å². The van der Waals surface area contributed by atoms with Crippen LogP contribution in [0.4, 0.5) is 18.0 Å². The molecule has 0 rings (SSSR count). The first kappa shape index (κ1) is 14.5. The van der Waals surface area contributed by atoms with Crippen LogP contribution >= 0.6 is 0 Å². The Morgan fingerprint density at radius 1 is 1.44 bits per heavy atom. The number of amides is 1. The average molecular weight is 238 g/mol. The van der Waals surface area contributed by atoms with Crippen molar-refractivity contribution in [2.24, 2.45) is 4.99 Å². The Morgan fingerprint density at radius 3 is 2.25 bits per heavy atom. The fraction of sp³-hybridized carbons (Fsp3) is 0.556. The maximum absolute atomic E-state index is 12.4. The smallest absolute Gasteiger partial charge is 0.427 e. The second-order valence-electron chi connectivity index (χ2n) is 3.34. The molecule has 0 heterocycles. The maximum atomic E-state index is 12.4. The summed E-state index contributed by atoms with van der Waals surface area (Å²) in [6.45, 7) is 4.76. The van der Waals surface area contributed by atoms with E-state index in [1.165, 1.54) is 7.05 Å². The monoisotopic (exact) mass is 238 g/mol. The van der Waals surface area contributed by atoms with Gasteiger partial charge in [0.1, 0.15) is 0 Å². The molecule has 0 fully saturated rings. The molecular formula is C9H13F3N2O2. The number of halogens is 3. The van der Waals surface area contributed by atoms with Gasteiger partial charge in [-0.3, -0.25) is 4.99 Å². The van der Waals surface area contributed by atoms with Crippen molar-refractivity contribution in [3.05, 3.63) is 12.8 Å². The molecule has 0 spiro atoms. The third-order valence-electron chi connectivity index (χ3n) is 1.67. The van der Waals surface area contributed by atoms with E-state index < -0.39 is 17.9 Å². The number of aliphatic imine (C=N–C) groups is 1. The van der Waals surface area contributed by atoms with Crippen LogP contribution in [0.1, 0.15) is 13.8 Å². The highest BCUT2D eigenvalue weighted by molar-refractivity contribution is 5.83. The lowest BCUT2D eigenvalue weighted by Crippen LogP contribution is -2.45. The third-order valence-corrected chi connectivity index (χ3v) is 1.67. The standard InChI is InChI=1S/C9H13F3N2O2/c1-5-14(6-13-4)7(15)16-8(2,3)9(10,11)12/h5-6H,1H2,2-4H3. The summed E-state index contributed by atoms with van der Waals surface area (Å²) in [7, 11) is 1.36. The van der Waals surface area contributed by atoms with Crippen LogP contribution in [0.5, 0.6) is 0 Å². The molecule has 4 nitrogen and oxygen atoms in total. The molecule has 0 saturated carbocycles. The quantitative estimate of drug-likeness (QED) is 0.560. The highest BCUT2D eigenvalue weighted by Crippen LogP contribution is 2.33. The molecule has 7 heteroatoms. The third kappa shape index (κ3) is 3.56. The normalized spacial score (nSPS) is 12.6. The molecule has 0 aliphatic heterocycles. The summed E-state index contributed by atoms with van der Waals surface area (Å²) in [5, 5.41) is 0. The number of carbonyl (C=O) groups is 1. The van der Waals surface area contributed by atoms with Gasteiger partial charge < -0.3 is 4.74 Å². The van der Waals surface area contributed by atoms with Crippen molar-refractivity contribution < 1.29 is 22.7 Å². The zero-order valence-corrected chi connectivity index (χ0v) is 9.21. The van der Waals surface area contributed by atoms with E-state index in [-0.39, 0.29) is 0 Å². The Morgan fingerprint density at radius 2 is 1.94 bits per heavy atom. The number of carbonyl (C=O) groups excluding carboxylic acids is 1. The largest absolute Gasteiger partial charge is 0.433 e. The summed E-state index contributed by atoms with van der Waals surface area (Å²) < 4.78 is 41.5. The van der Waals surface area contributed by atoms with E-state index in [1.807, 2.05) is 0 Å². The average Bonchev–Trinajstić information content (AvgIpc) is 2.11. The second kappa shape index (κ2) is 5.00. The van der Waals surface area contributed by atoms with Gasteiger partial charge in [-0.25, -0.2) is 9.69 Å². The van der Waals surface area contributed by atoms with E-state index in [9.17, 15) is 18.0 Å². The SMILES string of the molecule is C=CN(C=NC)C(=O)OC(C)(C)C(F)(F)F. The van der Waals surface area contributed by atoms with Gasteiger partial charge in [0, 0.05) is 13.2 Å². The first-order valence-electron chi connectivity index (χ1n) is 4.28. The summed E-state index contributed by atoms with van der Waals surface area (Å²) in [6.07, 6.45) is -3.83. The van der Waals surface area contributed by atoms with E-state index in [0.29, 0.717) is 4.90 Å². The summed E-state index contributed by atoms with van der Waals surface area (Å²) in [4.78, 5) is 15.5. The first-order chi connectivity index (χ1) is 7.15. The van der Waals surface area contributed by atoms with Crippen LogP contribution in [0, 0.1) is 0 Å². The number of nitrogens with zero attached hydrogens (tertiary/aromatic N) is 2. The van der Waals surface area contributed by atoms with Gasteiger partial charge >= 0.3 is 12.3 Å². The first-order valence-corrected chi connectivity index (χ1v) is 4.28. The Labute approximate surface area is 91.4 Å². The highest BCUT2D eigenvalue weighted by atomic mass is 19.4. The predicted molar refractivity (Wildman–Crippen MR) is 53.1 cm³/mol. The number of hydrogen-bond acceptors (Lipinski definition) is 3. The molecular weight excluding hydrogens is 225 g/mol. The molecule has 0 bridgehead atoms. The molecule has 0 unspecified atom stereocenters. The van der Waals surface area contributed by atoms with Crippen molar-refractivity contribution in [1.82, 2.24) is 4.90 Å². The lowest BCUT2D eigenvalue weighted by molar-refractivity contribution is -0.244. The molecule has 92 valence electrons. The molecule has 0 aliphatic rings. The van der Waals surface area contributed by atoms with E-state index in [1.54, 1.807) is 0 Å². The topological polar surface area (TPSA) is 41.9 Å². The van der Waals surface area contributed by atoms with E-state index in [0.717, 1.165) is 26.4 Å². The number of alkyl halides is 3. The summed E-state index contributed by atoms with van der Waals surface area (Å²) in [6, 6.07) is 0. The zero-order chi connectivity index (χ0) is 13.0. The van der Waals surface area contributed by atoms with Crippen LogP contribution in [0.2, 0.25) is 0 Å². The minimum absolute atomic E-state index is 0.716. The van der Waals surface area contributed by atoms with E-state index in [2.05, 4.69) is 16.3 Å². The molecule has 0 N–H and O–H groups in total. The number of ether oxygens (including phenoxy) is 1. The molecule has 0 aromatic heterocycles. The van der Waals surface area contributed by atoms with E-state index >= 15 is 0 Å². The highest BCUT2D eigenvalue weighted by Gasteiger charge is 2.51. The van der Waals surface area contributed by atoms with Crippen LogP contribution in [-0.4, -0.2) is 36.2 Å².